The van der Waals surface area contributed by atoms with Crippen molar-refractivity contribution in [2.75, 3.05) is 18.2 Å². The molecular weight excluding hydrogens is 290 g/mol. The molecule has 0 spiro atoms. The van der Waals surface area contributed by atoms with Gasteiger partial charge in [-0.05, 0) is 48.5 Å². The first kappa shape index (κ1) is 14.7. The van der Waals surface area contributed by atoms with Gasteiger partial charge in [-0.2, -0.15) is 0 Å². The van der Waals surface area contributed by atoms with E-state index in [1.165, 1.54) is 7.11 Å². The molecule has 0 fully saturated rings. The molecule has 1 heterocycles. The average Bonchev–Trinajstić information content (AvgIpc) is 3.11. The molecule has 0 aliphatic heterocycles. The number of nitrogen functional groups attached to an aromatic ring is 1. The summed E-state index contributed by atoms with van der Waals surface area (Å²) in [6.07, 6.45) is 3.91. The van der Waals surface area contributed by atoms with E-state index in [0.717, 1.165) is 5.69 Å². The van der Waals surface area contributed by atoms with Crippen molar-refractivity contribution >= 4 is 17.3 Å². The quantitative estimate of drug-likeness (QED) is 0.726. The van der Waals surface area contributed by atoms with Crippen molar-refractivity contribution in [3.8, 4) is 11.4 Å². The van der Waals surface area contributed by atoms with Gasteiger partial charge in [0.15, 0.2) is 0 Å². The Bertz CT molecular complexity index is 809. The normalized spacial score (nSPS) is 10.3. The fourth-order valence-corrected chi connectivity index (χ4v) is 2.30. The van der Waals surface area contributed by atoms with Gasteiger partial charge in [0.25, 0.3) is 5.91 Å². The average molecular weight is 307 g/mol. The van der Waals surface area contributed by atoms with Gasteiger partial charge in [0.1, 0.15) is 5.75 Å². The minimum absolute atomic E-state index is 0.202. The van der Waals surface area contributed by atoms with Crippen LogP contribution in [0.2, 0.25) is 0 Å². The Hall–Kier alpha value is -3.21. The number of methoxy groups -OCH3 is 1. The molecule has 2 aromatic carbocycles. The molecule has 0 atom stereocenters. The number of amides is 1. The second-order valence-corrected chi connectivity index (χ2v) is 5.05. The summed E-state index contributed by atoms with van der Waals surface area (Å²) in [5.41, 5.74) is 8.44. The lowest BCUT2D eigenvalue weighted by atomic mass is 10.2. The third-order valence-electron chi connectivity index (χ3n) is 3.51. The van der Waals surface area contributed by atoms with Crippen molar-refractivity contribution in [3.05, 3.63) is 72.6 Å². The van der Waals surface area contributed by atoms with Crippen LogP contribution in [0.3, 0.4) is 0 Å². The maximum Gasteiger partial charge on any atom is 0.255 e. The Morgan fingerprint density at radius 2 is 1.78 bits per heavy atom. The molecule has 5 nitrogen and oxygen atoms in total. The van der Waals surface area contributed by atoms with E-state index in [9.17, 15) is 4.79 Å². The highest BCUT2D eigenvalue weighted by atomic mass is 16.5. The fraction of sp³-hybridized carbons (Fsp3) is 0.0556. The largest absolute Gasteiger partial charge is 0.494 e. The number of hydrogen-bond donors (Lipinski definition) is 2. The molecule has 0 aliphatic carbocycles. The van der Waals surface area contributed by atoms with Crippen molar-refractivity contribution in [2.45, 2.75) is 0 Å². The molecule has 0 bridgehead atoms. The van der Waals surface area contributed by atoms with Gasteiger partial charge in [-0.1, -0.05) is 0 Å². The van der Waals surface area contributed by atoms with Crippen LogP contribution < -0.4 is 15.8 Å². The highest BCUT2D eigenvalue weighted by molar-refractivity contribution is 6.05. The predicted octanol–water partition coefficient (Wildman–Crippen LogP) is 3.32. The molecule has 5 heteroatoms. The van der Waals surface area contributed by atoms with E-state index in [2.05, 4.69) is 5.32 Å². The summed E-state index contributed by atoms with van der Waals surface area (Å²) in [5, 5.41) is 2.83. The van der Waals surface area contributed by atoms with Crippen LogP contribution in [0.5, 0.6) is 5.75 Å². The van der Waals surface area contributed by atoms with Crippen molar-refractivity contribution in [3.63, 3.8) is 0 Å². The second-order valence-electron chi connectivity index (χ2n) is 5.05. The van der Waals surface area contributed by atoms with Gasteiger partial charge in [0.05, 0.1) is 12.8 Å². The molecule has 1 amide bonds. The van der Waals surface area contributed by atoms with E-state index in [4.69, 9.17) is 10.5 Å². The van der Waals surface area contributed by atoms with E-state index < -0.39 is 0 Å². The number of benzene rings is 2. The van der Waals surface area contributed by atoms with E-state index in [-0.39, 0.29) is 5.91 Å². The predicted molar refractivity (Wildman–Crippen MR) is 91.1 cm³/mol. The van der Waals surface area contributed by atoms with Gasteiger partial charge in [0, 0.05) is 35.4 Å². The lowest BCUT2D eigenvalue weighted by molar-refractivity contribution is 0.102. The molecular formula is C18H17N3O2. The van der Waals surface area contributed by atoms with Gasteiger partial charge >= 0.3 is 0 Å². The maximum atomic E-state index is 12.4. The summed E-state index contributed by atoms with van der Waals surface area (Å²) in [6, 6.07) is 16.4. The van der Waals surface area contributed by atoms with Crippen molar-refractivity contribution in [1.82, 2.24) is 4.57 Å². The molecule has 0 unspecified atom stereocenters. The summed E-state index contributed by atoms with van der Waals surface area (Å²) in [4.78, 5) is 12.4. The summed E-state index contributed by atoms with van der Waals surface area (Å²) in [5.74, 6) is 0.328. The van der Waals surface area contributed by atoms with Crippen LogP contribution in [0, 0.1) is 0 Å². The zero-order chi connectivity index (χ0) is 16.2. The highest BCUT2D eigenvalue weighted by Gasteiger charge is 2.10. The van der Waals surface area contributed by atoms with E-state index >= 15 is 0 Å². The van der Waals surface area contributed by atoms with Gasteiger partial charge in [-0.15, -0.1) is 0 Å². The SMILES string of the molecule is COc1cc(N)ccc1NC(=O)c1ccc(-n2cccc2)cc1. The summed E-state index contributed by atoms with van der Waals surface area (Å²) in [7, 11) is 1.54. The zero-order valence-corrected chi connectivity index (χ0v) is 12.7. The number of nitrogens with zero attached hydrogens (tertiary/aromatic N) is 1. The Labute approximate surface area is 134 Å². The Kier molecular flexibility index (Phi) is 4.01. The molecule has 0 saturated carbocycles. The number of anilines is 2. The van der Waals surface area contributed by atoms with Crippen LogP contribution in [-0.2, 0) is 0 Å². The molecule has 1 aromatic heterocycles. The third kappa shape index (κ3) is 3.18. The molecule has 3 rings (SSSR count). The number of aromatic nitrogens is 1. The monoisotopic (exact) mass is 307 g/mol. The Morgan fingerprint density at radius 3 is 2.43 bits per heavy atom. The molecule has 3 N–H and O–H groups in total. The van der Waals surface area contributed by atoms with Gasteiger partial charge in [0.2, 0.25) is 0 Å². The molecule has 23 heavy (non-hydrogen) atoms. The van der Waals surface area contributed by atoms with Crippen LogP contribution in [0.4, 0.5) is 11.4 Å². The number of rotatable bonds is 4. The van der Waals surface area contributed by atoms with E-state index in [1.807, 2.05) is 41.2 Å². The molecule has 0 radical (unpaired) electrons. The van der Waals surface area contributed by atoms with Gasteiger partial charge in [-0.3, -0.25) is 4.79 Å². The molecule has 0 aliphatic rings. The van der Waals surface area contributed by atoms with E-state index in [0.29, 0.717) is 22.7 Å². The van der Waals surface area contributed by atoms with E-state index in [1.54, 1.807) is 30.3 Å². The number of nitrogens with one attached hydrogen (secondary N) is 1. The van der Waals surface area contributed by atoms with Crippen LogP contribution >= 0.6 is 0 Å². The number of hydrogen-bond acceptors (Lipinski definition) is 3. The fourth-order valence-electron chi connectivity index (χ4n) is 2.30. The number of nitrogens with two attached hydrogens (primary N) is 1. The smallest absolute Gasteiger partial charge is 0.255 e. The number of carbonyl (C=O) groups is 1. The second kappa shape index (κ2) is 6.27. The standard InChI is InChI=1S/C18H17N3O2/c1-23-17-12-14(19)6-9-16(17)20-18(22)13-4-7-15(8-5-13)21-10-2-3-11-21/h2-12H,19H2,1H3,(H,20,22). The van der Waals surface area contributed by atoms with Crippen LogP contribution in [0.15, 0.2) is 67.0 Å². The first-order valence-electron chi connectivity index (χ1n) is 7.15. The minimum atomic E-state index is -0.202. The summed E-state index contributed by atoms with van der Waals surface area (Å²) in [6.45, 7) is 0. The van der Waals surface area contributed by atoms with Crippen LogP contribution in [0.1, 0.15) is 10.4 Å². The van der Waals surface area contributed by atoms with Gasteiger partial charge in [-0.25, -0.2) is 0 Å². The molecule has 3 aromatic rings. The maximum absolute atomic E-state index is 12.4. The number of ether oxygens (including phenoxy) is 1. The van der Waals surface area contributed by atoms with Crippen LogP contribution in [0.25, 0.3) is 5.69 Å². The highest BCUT2D eigenvalue weighted by Crippen LogP contribution is 2.27. The van der Waals surface area contributed by atoms with Crippen molar-refractivity contribution in [2.24, 2.45) is 0 Å². The lowest BCUT2D eigenvalue weighted by Crippen LogP contribution is -2.12. The Balaban J connectivity index is 1.78. The summed E-state index contributed by atoms with van der Waals surface area (Å²) < 4.78 is 7.21. The zero-order valence-electron chi connectivity index (χ0n) is 12.7. The lowest BCUT2D eigenvalue weighted by Gasteiger charge is -2.11. The first-order valence-corrected chi connectivity index (χ1v) is 7.15. The van der Waals surface area contributed by atoms with Gasteiger partial charge < -0.3 is 20.4 Å². The topological polar surface area (TPSA) is 69.3 Å². The van der Waals surface area contributed by atoms with Crippen molar-refractivity contribution < 1.29 is 9.53 Å². The number of carbonyl (C=O) groups excluding carboxylic acids is 1. The minimum Gasteiger partial charge on any atom is -0.494 e. The third-order valence-corrected chi connectivity index (χ3v) is 3.51. The Morgan fingerprint density at radius 1 is 1.09 bits per heavy atom. The van der Waals surface area contributed by atoms with Crippen LogP contribution in [-0.4, -0.2) is 17.6 Å². The molecule has 0 saturated heterocycles. The first-order chi connectivity index (χ1) is 11.2. The molecule has 116 valence electrons. The van der Waals surface area contributed by atoms with Crippen molar-refractivity contribution in [1.29, 1.82) is 0 Å². The summed E-state index contributed by atoms with van der Waals surface area (Å²) >= 11 is 0.